The van der Waals surface area contributed by atoms with Crippen molar-refractivity contribution < 1.29 is 9.18 Å². The highest BCUT2D eigenvalue weighted by Gasteiger charge is 2.11. The van der Waals surface area contributed by atoms with Gasteiger partial charge in [-0.1, -0.05) is 23.4 Å². The van der Waals surface area contributed by atoms with Crippen molar-refractivity contribution in [2.75, 3.05) is 16.9 Å². The van der Waals surface area contributed by atoms with E-state index in [0.717, 1.165) is 22.5 Å². The van der Waals surface area contributed by atoms with Gasteiger partial charge in [-0.2, -0.15) is 4.68 Å². The number of benzene rings is 1. The van der Waals surface area contributed by atoms with Gasteiger partial charge in [0.2, 0.25) is 11.1 Å². The summed E-state index contributed by atoms with van der Waals surface area (Å²) in [5, 5.41) is 9.95. The van der Waals surface area contributed by atoms with Gasteiger partial charge >= 0.3 is 0 Å². The third-order valence-electron chi connectivity index (χ3n) is 2.56. The van der Waals surface area contributed by atoms with E-state index in [2.05, 4.69) is 15.5 Å². The van der Waals surface area contributed by atoms with Crippen molar-refractivity contribution in [3.8, 4) is 0 Å². The van der Waals surface area contributed by atoms with Crippen LogP contribution in [-0.4, -0.2) is 26.5 Å². The first-order chi connectivity index (χ1) is 10.4. The molecule has 0 aliphatic heterocycles. The Labute approximate surface area is 133 Å². The van der Waals surface area contributed by atoms with Gasteiger partial charge in [0, 0.05) is 5.69 Å². The molecule has 3 N–H and O–H groups in total. The van der Waals surface area contributed by atoms with Gasteiger partial charge in [-0.3, -0.25) is 9.59 Å². The van der Waals surface area contributed by atoms with Gasteiger partial charge in [0.05, 0.1) is 10.8 Å². The summed E-state index contributed by atoms with van der Waals surface area (Å²) in [5.74, 6) is 4.54. The lowest BCUT2D eigenvalue weighted by atomic mass is 10.3. The van der Waals surface area contributed by atoms with Crippen LogP contribution in [0, 0.1) is 12.7 Å². The molecule has 0 saturated heterocycles. The van der Waals surface area contributed by atoms with Crippen molar-refractivity contribution in [2.45, 2.75) is 12.1 Å². The topological polar surface area (TPSA) is 103 Å². The maximum absolute atomic E-state index is 13.0. The zero-order valence-corrected chi connectivity index (χ0v) is 12.9. The van der Waals surface area contributed by atoms with E-state index in [1.165, 1.54) is 19.1 Å². The van der Waals surface area contributed by atoms with E-state index < -0.39 is 11.4 Å². The Morgan fingerprint density at radius 3 is 2.91 bits per heavy atom. The molecule has 0 saturated carbocycles. The fraction of sp³-hybridized carbons (Fsp3) is 0.167. The predicted octanol–water partition coefficient (Wildman–Crippen LogP) is 1.18. The summed E-state index contributed by atoms with van der Waals surface area (Å²) in [6.07, 6.45) is 0. The van der Waals surface area contributed by atoms with E-state index in [1.54, 1.807) is 0 Å². The number of nitrogens with one attached hydrogen (secondary N) is 1. The summed E-state index contributed by atoms with van der Waals surface area (Å²) in [6, 6.07) is 3.83. The van der Waals surface area contributed by atoms with Gasteiger partial charge in [0.25, 0.3) is 5.56 Å². The first-order valence-corrected chi connectivity index (χ1v) is 7.34. The lowest BCUT2D eigenvalue weighted by Gasteiger charge is -2.07. The molecule has 1 heterocycles. The quantitative estimate of drug-likeness (QED) is 0.638. The Kier molecular flexibility index (Phi) is 4.99. The van der Waals surface area contributed by atoms with Crippen LogP contribution >= 0.6 is 23.4 Å². The molecule has 0 aliphatic carbocycles. The minimum atomic E-state index is -0.573. The van der Waals surface area contributed by atoms with Crippen LogP contribution in [0.3, 0.4) is 0 Å². The highest BCUT2D eigenvalue weighted by atomic mass is 35.5. The molecular weight excluding hydrogens is 333 g/mol. The van der Waals surface area contributed by atoms with Gasteiger partial charge < -0.3 is 11.2 Å². The van der Waals surface area contributed by atoms with Crippen LogP contribution in [0.1, 0.15) is 5.69 Å². The number of nitrogen functional groups attached to an aromatic ring is 1. The number of aromatic nitrogens is 3. The Morgan fingerprint density at radius 1 is 1.50 bits per heavy atom. The molecule has 0 fully saturated rings. The van der Waals surface area contributed by atoms with Crippen LogP contribution in [0.25, 0.3) is 0 Å². The second kappa shape index (κ2) is 6.75. The molecule has 0 spiro atoms. The highest BCUT2D eigenvalue weighted by Crippen LogP contribution is 2.20. The zero-order valence-electron chi connectivity index (χ0n) is 11.3. The van der Waals surface area contributed by atoms with Crippen LogP contribution in [-0.2, 0) is 4.79 Å². The molecule has 10 heteroatoms. The molecule has 1 amide bonds. The average Bonchev–Trinajstić information content (AvgIpc) is 2.48. The van der Waals surface area contributed by atoms with E-state index in [4.69, 9.17) is 17.4 Å². The summed E-state index contributed by atoms with van der Waals surface area (Å²) in [4.78, 5) is 23.4. The highest BCUT2D eigenvalue weighted by molar-refractivity contribution is 7.99. The van der Waals surface area contributed by atoms with E-state index in [-0.39, 0.29) is 27.5 Å². The molecule has 2 rings (SSSR count). The summed E-state index contributed by atoms with van der Waals surface area (Å²) < 4.78 is 13.8. The molecule has 2 aromatic rings. The number of carbonyl (C=O) groups excluding carboxylic acids is 1. The largest absolute Gasteiger partial charge is 0.334 e. The molecular formula is C12H11ClFN5O2S. The van der Waals surface area contributed by atoms with Gasteiger partial charge in [-0.15, -0.1) is 10.2 Å². The molecule has 22 heavy (non-hydrogen) atoms. The normalized spacial score (nSPS) is 10.5. The van der Waals surface area contributed by atoms with Crippen LogP contribution < -0.4 is 16.7 Å². The van der Waals surface area contributed by atoms with Gasteiger partial charge in [0.15, 0.2) is 0 Å². The lowest BCUT2D eigenvalue weighted by Crippen LogP contribution is -2.32. The van der Waals surface area contributed by atoms with Crippen molar-refractivity contribution in [2.24, 2.45) is 0 Å². The van der Waals surface area contributed by atoms with Gasteiger partial charge in [-0.05, 0) is 25.1 Å². The fourth-order valence-corrected chi connectivity index (χ4v) is 2.30. The molecule has 116 valence electrons. The number of carbonyl (C=O) groups is 1. The minimum Gasteiger partial charge on any atom is -0.334 e. The van der Waals surface area contributed by atoms with Crippen molar-refractivity contribution in [1.29, 1.82) is 0 Å². The van der Waals surface area contributed by atoms with Crippen LogP contribution in [0.2, 0.25) is 5.02 Å². The summed E-state index contributed by atoms with van der Waals surface area (Å²) >= 11 is 6.57. The van der Waals surface area contributed by atoms with E-state index in [1.807, 2.05) is 0 Å². The molecule has 7 nitrogen and oxygen atoms in total. The average molecular weight is 344 g/mol. The van der Waals surface area contributed by atoms with Gasteiger partial charge in [0.1, 0.15) is 11.5 Å². The second-order valence-electron chi connectivity index (χ2n) is 4.21. The second-order valence-corrected chi connectivity index (χ2v) is 5.56. The monoisotopic (exact) mass is 343 g/mol. The number of anilines is 1. The summed E-state index contributed by atoms with van der Waals surface area (Å²) in [5.41, 5.74) is 0.0395. The molecule has 0 bridgehead atoms. The number of hydrogen-bond acceptors (Lipinski definition) is 6. The lowest BCUT2D eigenvalue weighted by molar-refractivity contribution is -0.113. The smallest absolute Gasteiger partial charge is 0.294 e. The van der Waals surface area contributed by atoms with Crippen molar-refractivity contribution in [1.82, 2.24) is 14.9 Å². The van der Waals surface area contributed by atoms with Crippen molar-refractivity contribution >= 4 is 35.0 Å². The van der Waals surface area contributed by atoms with Crippen LogP contribution in [0.5, 0.6) is 0 Å². The van der Waals surface area contributed by atoms with E-state index in [9.17, 15) is 14.0 Å². The van der Waals surface area contributed by atoms with Crippen LogP contribution in [0.4, 0.5) is 10.1 Å². The SMILES string of the molecule is Cc1nnc(SCC(=O)Nc2ccc(F)c(Cl)c2)n(N)c1=O. The molecule has 0 radical (unpaired) electrons. The molecule has 0 atom stereocenters. The number of nitrogens with zero attached hydrogens (tertiary/aromatic N) is 3. The van der Waals surface area contributed by atoms with E-state index >= 15 is 0 Å². The summed E-state index contributed by atoms with van der Waals surface area (Å²) in [6.45, 7) is 1.48. The molecule has 0 unspecified atom stereocenters. The number of amides is 1. The number of aryl methyl sites for hydroxylation is 1. The number of nitrogens with two attached hydrogens (primary N) is 1. The molecule has 1 aromatic heterocycles. The summed E-state index contributed by atoms with van der Waals surface area (Å²) in [7, 11) is 0. The standard InChI is InChI=1S/C12H11ClFN5O2S/c1-6-11(21)19(15)12(18-17-6)22-5-10(20)16-7-2-3-9(14)8(13)4-7/h2-4H,5,15H2,1H3,(H,16,20). The van der Waals surface area contributed by atoms with Crippen molar-refractivity contribution in [3.63, 3.8) is 0 Å². The fourth-order valence-electron chi connectivity index (χ4n) is 1.47. The van der Waals surface area contributed by atoms with Crippen LogP contribution in [0.15, 0.2) is 28.2 Å². The first kappa shape index (κ1) is 16.2. The molecule has 0 aliphatic rings. The number of hydrogen-bond donors (Lipinski definition) is 2. The Balaban J connectivity index is 2.00. The molecule has 1 aromatic carbocycles. The van der Waals surface area contributed by atoms with E-state index in [0.29, 0.717) is 5.69 Å². The minimum absolute atomic E-state index is 0.0522. The first-order valence-electron chi connectivity index (χ1n) is 5.97. The number of rotatable bonds is 4. The predicted molar refractivity (Wildman–Crippen MR) is 81.9 cm³/mol. The Morgan fingerprint density at radius 2 is 2.23 bits per heavy atom. The maximum atomic E-state index is 13.0. The number of halogens is 2. The third kappa shape index (κ3) is 3.74. The third-order valence-corrected chi connectivity index (χ3v) is 3.79. The zero-order chi connectivity index (χ0) is 16.3. The Bertz CT molecular complexity index is 783. The number of thioether (sulfide) groups is 1. The Hall–Kier alpha value is -2.13. The van der Waals surface area contributed by atoms with Crippen molar-refractivity contribution in [3.05, 3.63) is 45.1 Å². The maximum Gasteiger partial charge on any atom is 0.294 e. The van der Waals surface area contributed by atoms with Gasteiger partial charge in [-0.25, -0.2) is 4.39 Å².